The molecule has 0 bridgehead atoms. The molecule has 1 saturated heterocycles. The average Bonchev–Trinajstić information content (AvgIpc) is 3.11. The Labute approximate surface area is 237 Å². The Bertz CT molecular complexity index is 1050. The zero-order chi connectivity index (χ0) is 29.7. The summed E-state index contributed by atoms with van der Waals surface area (Å²) in [5.74, 6) is -2.39. The summed E-state index contributed by atoms with van der Waals surface area (Å²) in [7, 11) is 0. The van der Waals surface area contributed by atoms with E-state index in [9.17, 15) is 24.0 Å². The Morgan fingerprint density at radius 1 is 0.950 bits per heavy atom. The molecule has 3 aliphatic carbocycles. The van der Waals surface area contributed by atoms with E-state index in [0.29, 0.717) is 19.4 Å². The number of alkyl carbamates (subject to hydrolysis) is 1. The van der Waals surface area contributed by atoms with Gasteiger partial charge in [-0.15, -0.1) is 0 Å². The molecule has 4 rings (SSSR count). The van der Waals surface area contributed by atoms with Crippen LogP contribution in [0.2, 0.25) is 0 Å². The van der Waals surface area contributed by atoms with Crippen LogP contribution in [-0.4, -0.2) is 64.8 Å². The molecule has 1 aliphatic heterocycles. The first-order chi connectivity index (χ1) is 18.5. The van der Waals surface area contributed by atoms with E-state index in [-0.39, 0.29) is 22.7 Å². The number of Topliss-reactive ketones (excluding diaryl/α,β-unsaturated/α-hetero) is 1. The number of rotatable bonds is 8. The summed E-state index contributed by atoms with van der Waals surface area (Å²) in [5, 5.41) is 5.60. The van der Waals surface area contributed by atoms with Crippen LogP contribution in [0.5, 0.6) is 0 Å². The number of fused-ring (bicyclic) bond motifs is 1. The van der Waals surface area contributed by atoms with Crippen LogP contribution in [0.15, 0.2) is 0 Å². The predicted molar refractivity (Wildman–Crippen MR) is 149 cm³/mol. The molecule has 2 spiro atoms. The number of hydrogen-bond acceptors (Lipinski definition) is 6. The Morgan fingerprint density at radius 3 is 2.08 bits per heavy atom. The monoisotopic (exact) mass is 560 g/mol. The number of nitrogens with zero attached hydrogens (tertiary/aromatic N) is 1. The summed E-state index contributed by atoms with van der Waals surface area (Å²) in [4.78, 5) is 66.9. The molecule has 40 heavy (non-hydrogen) atoms. The molecule has 3 saturated carbocycles. The van der Waals surface area contributed by atoms with E-state index in [2.05, 4.69) is 10.6 Å². The second-order valence-electron chi connectivity index (χ2n) is 14.9. The number of carbonyl (C=O) groups excluding carboxylic acids is 5. The van der Waals surface area contributed by atoms with Crippen LogP contribution in [0, 0.1) is 22.2 Å². The zero-order valence-electron chi connectivity index (χ0n) is 25.1. The highest BCUT2D eigenvalue weighted by Crippen LogP contribution is 2.75. The molecular weight excluding hydrogens is 512 g/mol. The highest BCUT2D eigenvalue weighted by atomic mass is 16.6. The minimum absolute atomic E-state index is 0.144. The van der Waals surface area contributed by atoms with Crippen molar-refractivity contribution in [3.8, 4) is 0 Å². The molecule has 10 nitrogen and oxygen atoms in total. The Kier molecular flexibility index (Phi) is 8.06. The first-order valence-electron chi connectivity index (χ1n) is 14.9. The SMILES string of the molecule is CC(C)(C)OC(=O)N[C@H](C(=O)N1C[C@]2(C[C@H]1C(=O)NC(CC1CCC1)C(=O)C(N)=O)CC21CCCC1)C(C)(C)C. The zero-order valence-corrected chi connectivity index (χ0v) is 25.1. The number of likely N-dealkylation sites (tertiary alicyclic amines) is 1. The lowest BCUT2D eigenvalue weighted by Gasteiger charge is -2.36. The maximum absolute atomic E-state index is 14.2. The summed E-state index contributed by atoms with van der Waals surface area (Å²) in [6.07, 6.45) is 8.58. The predicted octanol–water partition coefficient (Wildman–Crippen LogP) is 3.21. The second kappa shape index (κ2) is 10.6. The van der Waals surface area contributed by atoms with Gasteiger partial charge in [-0.2, -0.15) is 0 Å². The molecule has 0 radical (unpaired) electrons. The van der Waals surface area contributed by atoms with Gasteiger partial charge in [0, 0.05) is 6.54 Å². The fraction of sp³-hybridized carbons (Fsp3) is 0.833. The molecule has 0 aromatic carbocycles. The minimum atomic E-state index is -1.07. The van der Waals surface area contributed by atoms with Gasteiger partial charge in [-0.25, -0.2) is 4.79 Å². The van der Waals surface area contributed by atoms with Gasteiger partial charge in [-0.3, -0.25) is 19.2 Å². The average molecular weight is 561 g/mol. The van der Waals surface area contributed by atoms with E-state index in [1.54, 1.807) is 25.7 Å². The third kappa shape index (κ3) is 6.15. The number of ketones is 1. The van der Waals surface area contributed by atoms with E-state index >= 15 is 0 Å². The van der Waals surface area contributed by atoms with Gasteiger partial charge in [0.1, 0.15) is 17.7 Å². The van der Waals surface area contributed by atoms with Crippen molar-refractivity contribution in [2.24, 2.45) is 27.9 Å². The number of hydrogen-bond donors (Lipinski definition) is 3. The van der Waals surface area contributed by atoms with Crippen LogP contribution in [-0.2, 0) is 23.9 Å². The van der Waals surface area contributed by atoms with Gasteiger partial charge in [-0.1, -0.05) is 52.9 Å². The number of nitrogens with two attached hydrogens (primary N) is 1. The first-order valence-corrected chi connectivity index (χ1v) is 14.9. The summed E-state index contributed by atoms with van der Waals surface area (Å²) in [6, 6.07) is -2.73. The lowest BCUT2D eigenvalue weighted by molar-refractivity contribution is -0.143. The number of ether oxygens (including phenoxy) is 1. The second-order valence-corrected chi connectivity index (χ2v) is 14.9. The van der Waals surface area contributed by atoms with Crippen LogP contribution in [0.3, 0.4) is 0 Å². The van der Waals surface area contributed by atoms with Crippen molar-refractivity contribution in [3.05, 3.63) is 0 Å². The maximum atomic E-state index is 14.2. The fourth-order valence-corrected chi connectivity index (χ4v) is 7.29. The van der Waals surface area contributed by atoms with Crippen molar-refractivity contribution in [3.63, 3.8) is 0 Å². The largest absolute Gasteiger partial charge is 0.444 e. The first kappa shape index (κ1) is 30.3. The van der Waals surface area contributed by atoms with Crippen LogP contribution in [0.1, 0.15) is 106 Å². The van der Waals surface area contributed by atoms with E-state index in [0.717, 1.165) is 51.4 Å². The van der Waals surface area contributed by atoms with Gasteiger partial charge in [-0.05, 0) is 75.0 Å². The van der Waals surface area contributed by atoms with Crippen molar-refractivity contribution < 1.29 is 28.7 Å². The molecule has 4 fully saturated rings. The standard InChI is InChI=1S/C30H48N4O6/c1-27(2,3)22(33-26(39)40-28(4,5)6)25(38)34-17-30(16-29(30)12-7-8-13-29)15-20(34)24(37)32-19(21(35)23(31)36)14-18-10-9-11-18/h18-20,22H,7-17H2,1-6H3,(H2,31,36)(H,32,37)(H,33,39)/t19?,20-,22+,30-/m0/s1. The summed E-state index contributed by atoms with van der Waals surface area (Å²) in [6.45, 7) is 11.3. The molecule has 224 valence electrons. The fourth-order valence-electron chi connectivity index (χ4n) is 7.29. The topological polar surface area (TPSA) is 148 Å². The summed E-state index contributed by atoms with van der Waals surface area (Å²) in [5.41, 5.74) is 3.93. The van der Waals surface area contributed by atoms with Crippen molar-refractivity contribution in [2.45, 2.75) is 129 Å². The maximum Gasteiger partial charge on any atom is 0.408 e. The summed E-state index contributed by atoms with van der Waals surface area (Å²) < 4.78 is 5.45. The Balaban J connectivity index is 1.59. The van der Waals surface area contributed by atoms with E-state index in [4.69, 9.17) is 10.5 Å². The van der Waals surface area contributed by atoms with Gasteiger partial charge in [0.05, 0.1) is 6.04 Å². The molecule has 1 unspecified atom stereocenters. The van der Waals surface area contributed by atoms with E-state index < -0.39 is 52.8 Å². The van der Waals surface area contributed by atoms with Crippen molar-refractivity contribution in [1.29, 1.82) is 0 Å². The van der Waals surface area contributed by atoms with Crippen LogP contribution in [0.25, 0.3) is 0 Å². The lowest BCUT2D eigenvalue weighted by atomic mass is 9.80. The number of amides is 4. The van der Waals surface area contributed by atoms with Crippen LogP contribution in [0.4, 0.5) is 4.79 Å². The van der Waals surface area contributed by atoms with Gasteiger partial charge in [0.25, 0.3) is 5.91 Å². The van der Waals surface area contributed by atoms with E-state index in [1.807, 2.05) is 20.8 Å². The third-order valence-electron chi connectivity index (χ3n) is 9.70. The molecule has 0 aromatic heterocycles. The molecule has 4 atom stereocenters. The molecular formula is C30H48N4O6. The normalized spacial score (nSPS) is 27.1. The Morgan fingerprint density at radius 2 is 1.57 bits per heavy atom. The van der Waals surface area contributed by atoms with Gasteiger partial charge in [0.2, 0.25) is 17.6 Å². The quantitative estimate of drug-likeness (QED) is 0.388. The number of nitrogens with one attached hydrogen (secondary N) is 2. The van der Waals surface area contributed by atoms with Gasteiger partial charge >= 0.3 is 6.09 Å². The van der Waals surface area contributed by atoms with Crippen molar-refractivity contribution >= 4 is 29.6 Å². The highest BCUT2D eigenvalue weighted by molar-refractivity contribution is 6.37. The molecule has 4 amide bonds. The van der Waals surface area contributed by atoms with E-state index in [1.165, 1.54) is 0 Å². The molecule has 4 aliphatic rings. The highest BCUT2D eigenvalue weighted by Gasteiger charge is 2.72. The van der Waals surface area contributed by atoms with Crippen molar-refractivity contribution in [1.82, 2.24) is 15.5 Å². The molecule has 4 N–H and O–H groups in total. The van der Waals surface area contributed by atoms with Crippen molar-refractivity contribution in [2.75, 3.05) is 6.54 Å². The van der Waals surface area contributed by atoms with Crippen LogP contribution >= 0.6 is 0 Å². The summed E-state index contributed by atoms with van der Waals surface area (Å²) >= 11 is 0. The minimum Gasteiger partial charge on any atom is -0.444 e. The lowest BCUT2D eigenvalue weighted by Crippen LogP contribution is -2.59. The number of carbonyl (C=O) groups is 5. The number of primary amides is 1. The van der Waals surface area contributed by atoms with Gasteiger partial charge in [0.15, 0.2) is 0 Å². The smallest absolute Gasteiger partial charge is 0.408 e. The third-order valence-corrected chi connectivity index (χ3v) is 9.70. The van der Waals surface area contributed by atoms with Crippen LogP contribution < -0.4 is 16.4 Å². The van der Waals surface area contributed by atoms with Gasteiger partial charge < -0.3 is 26.0 Å². The molecule has 0 aromatic rings. The molecule has 10 heteroatoms. The molecule has 1 heterocycles. The Hall–Kier alpha value is -2.65.